The first-order valence-corrected chi connectivity index (χ1v) is 6.26. The Hall–Kier alpha value is -2.02. The van der Waals surface area contributed by atoms with Crippen molar-refractivity contribution in [3.05, 3.63) is 52.3 Å². The molecule has 4 nitrogen and oxygen atoms in total. The van der Waals surface area contributed by atoms with Crippen molar-refractivity contribution in [2.45, 2.75) is 0 Å². The normalized spacial score (nSPS) is 10.2. The predicted molar refractivity (Wildman–Crippen MR) is 72.8 cm³/mol. The van der Waals surface area contributed by atoms with Gasteiger partial charge in [-0.05, 0) is 18.2 Å². The van der Waals surface area contributed by atoms with Gasteiger partial charge in [0.1, 0.15) is 5.75 Å². The highest BCUT2D eigenvalue weighted by molar-refractivity contribution is 9.10. The minimum Gasteiger partial charge on any atom is -0.497 e. The molecule has 0 atom stereocenters. The molecule has 1 amide bonds. The maximum Gasteiger partial charge on any atom is 0.258 e. The molecule has 1 heterocycles. The molecule has 0 aliphatic carbocycles. The standard InChI is InChI=1S/C13H9BrF2N2O2/c1-20-9-5-7(14)4-8(6-9)18-13(19)10-2-3-17-12(16)11(10)15/h2-6H,1H3,(H,18,19). The van der Waals surface area contributed by atoms with E-state index in [2.05, 4.69) is 26.2 Å². The molecule has 2 rings (SSSR count). The monoisotopic (exact) mass is 342 g/mol. The highest BCUT2D eigenvalue weighted by Crippen LogP contribution is 2.25. The molecular weight excluding hydrogens is 334 g/mol. The van der Waals surface area contributed by atoms with Gasteiger partial charge in [-0.25, -0.2) is 9.37 Å². The van der Waals surface area contributed by atoms with E-state index in [4.69, 9.17) is 4.74 Å². The Balaban J connectivity index is 2.28. The van der Waals surface area contributed by atoms with E-state index in [1.54, 1.807) is 18.2 Å². The van der Waals surface area contributed by atoms with Crippen molar-refractivity contribution in [3.8, 4) is 5.75 Å². The zero-order valence-electron chi connectivity index (χ0n) is 10.3. The van der Waals surface area contributed by atoms with Crippen LogP contribution in [0.15, 0.2) is 34.9 Å². The van der Waals surface area contributed by atoms with Crippen molar-refractivity contribution in [1.29, 1.82) is 0 Å². The van der Waals surface area contributed by atoms with Crippen LogP contribution in [0.25, 0.3) is 0 Å². The van der Waals surface area contributed by atoms with E-state index in [1.165, 1.54) is 7.11 Å². The number of rotatable bonds is 3. The van der Waals surface area contributed by atoms with Crippen molar-refractivity contribution in [2.75, 3.05) is 12.4 Å². The molecule has 0 aliphatic rings. The minimum absolute atomic E-state index is 0.387. The van der Waals surface area contributed by atoms with E-state index in [0.717, 1.165) is 12.3 Å². The lowest BCUT2D eigenvalue weighted by Crippen LogP contribution is -2.15. The van der Waals surface area contributed by atoms with Crippen LogP contribution in [0.1, 0.15) is 10.4 Å². The van der Waals surface area contributed by atoms with Crippen LogP contribution in [0.2, 0.25) is 0 Å². The van der Waals surface area contributed by atoms with Crippen molar-refractivity contribution in [1.82, 2.24) is 4.98 Å². The topological polar surface area (TPSA) is 51.2 Å². The maximum absolute atomic E-state index is 13.4. The Bertz CT molecular complexity index is 665. The highest BCUT2D eigenvalue weighted by atomic mass is 79.9. The van der Waals surface area contributed by atoms with Gasteiger partial charge in [0.05, 0.1) is 12.7 Å². The first kappa shape index (κ1) is 14.4. The highest BCUT2D eigenvalue weighted by Gasteiger charge is 2.16. The van der Waals surface area contributed by atoms with Gasteiger partial charge in [-0.3, -0.25) is 4.79 Å². The van der Waals surface area contributed by atoms with Crippen LogP contribution < -0.4 is 10.1 Å². The Labute approximate surface area is 121 Å². The van der Waals surface area contributed by atoms with Gasteiger partial charge >= 0.3 is 0 Å². The van der Waals surface area contributed by atoms with E-state index in [-0.39, 0.29) is 0 Å². The van der Waals surface area contributed by atoms with Crippen molar-refractivity contribution >= 4 is 27.5 Å². The number of amides is 1. The first-order valence-electron chi connectivity index (χ1n) is 5.47. The zero-order chi connectivity index (χ0) is 14.7. The summed E-state index contributed by atoms with van der Waals surface area (Å²) in [5, 5.41) is 2.46. The van der Waals surface area contributed by atoms with E-state index < -0.39 is 23.2 Å². The number of ether oxygens (including phenoxy) is 1. The van der Waals surface area contributed by atoms with Crippen LogP contribution in [-0.2, 0) is 0 Å². The molecule has 2 aromatic rings. The number of methoxy groups -OCH3 is 1. The number of carbonyl (C=O) groups excluding carboxylic acids is 1. The summed E-state index contributed by atoms with van der Waals surface area (Å²) in [5.74, 6) is -2.86. The number of aromatic nitrogens is 1. The van der Waals surface area contributed by atoms with Gasteiger partial charge in [0.25, 0.3) is 5.91 Å². The van der Waals surface area contributed by atoms with Crippen LogP contribution >= 0.6 is 15.9 Å². The van der Waals surface area contributed by atoms with Gasteiger partial charge in [-0.2, -0.15) is 4.39 Å². The molecule has 0 unspecified atom stereocenters. The lowest BCUT2D eigenvalue weighted by atomic mass is 10.2. The van der Waals surface area contributed by atoms with Crippen LogP contribution in [0.5, 0.6) is 5.75 Å². The molecule has 1 aromatic carbocycles. The molecule has 0 saturated heterocycles. The molecule has 7 heteroatoms. The number of carbonyl (C=O) groups is 1. The van der Waals surface area contributed by atoms with Gasteiger partial charge in [0.15, 0.2) is 5.82 Å². The smallest absolute Gasteiger partial charge is 0.258 e. The summed E-state index contributed by atoms with van der Waals surface area (Å²) in [4.78, 5) is 15.0. The second-order valence-electron chi connectivity index (χ2n) is 3.80. The Morgan fingerprint density at radius 3 is 2.80 bits per heavy atom. The quantitative estimate of drug-likeness (QED) is 0.870. The largest absolute Gasteiger partial charge is 0.497 e. The van der Waals surface area contributed by atoms with Crippen molar-refractivity contribution < 1.29 is 18.3 Å². The van der Waals surface area contributed by atoms with Crippen molar-refractivity contribution in [3.63, 3.8) is 0 Å². The maximum atomic E-state index is 13.4. The summed E-state index contributed by atoms with van der Waals surface area (Å²) in [6.07, 6.45) is 1.02. The number of nitrogens with zero attached hydrogens (tertiary/aromatic N) is 1. The predicted octanol–water partition coefficient (Wildman–Crippen LogP) is 3.38. The Morgan fingerprint density at radius 1 is 1.35 bits per heavy atom. The summed E-state index contributed by atoms with van der Waals surface area (Å²) >= 11 is 3.25. The summed E-state index contributed by atoms with van der Waals surface area (Å²) in [6.45, 7) is 0. The molecule has 0 aliphatic heterocycles. The SMILES string of the molecule is COc1cc(Br)cc(NC(=O)c2ccnc(F)c2F)c1. The second-order valence-corrected chi connectivity index (χ2v) is 4.71. The average molecular weight is 343 g/mol. The van der Waals surface area contributed by atoms with Gasteiger partial charge < -0.3 is 10.1 Å². The molecule has 0 saturated carbocycles. The van der Waals surface area contributed by atoms with Gasteiger partial charge in [0, 0.05) is 22.4 Å². The van der Waals surface area contributed by atoms with Gasteiger partial charge in [0.2, 0.25) is 5.95 Å². The van der Waals surface area contributed by atoms with Crippen molar-refractivity contribution in [2.24, 2.45) is 0 Å². The summed E-state index contributed by atoms with van der Waals surface area (Å²) < 4.78 is 32.1. The number of nitrogens with one attached hydrogen (secondary N) is 1. The molecule has 0 radical (unpaired) electrons. The molecule has 104 valence electrons. The van der Waals surface area contributed by atoms with Crippen LogP contribution in [-0.4, -0.2) is 18.0 Å². The van der Waals surface area contributed by atoms with E-state index >= 15 is 0 Å². The summed E-state index contributed by atoms with van der Waals surface area (Å²) in [7, 11) is 1.48. The van der Waals surface area contributed by atoms with Crippen LogP contribution in [0.4, 0.5) is 14.5 Å². The Morgan fingerprint density at radius 2 is 2.10 bits per heavy atom. The lowest BCUT2D eigenvalue weighted by Gasteiger charge is -2.08. The number of hydrogen-bond acceptors (Lipinski definition) is 3. The lowest BCUT2D eigenvalue weighted by molar-refractivity contribution is 0.102. The van der Waals surface area contributed by atoms with E-state index in [0.29, 0.717) is 15.9 Å². The fourth-order valence-corrected chi connectivity index (χ4v) is 2.02. The Kier molecular flexibility index (Phi) is 4.29. The molecular formula is C13H9BrF2N2O2. The van der Waals surface area contributed by atoms with Crippen LogP contribution in [0.3, 0.4) is 0 Å². The fourth-order valence-electron chi connectivity index (χ4n) is 1.54. The number of hydrogen-bond donors (Lipinski definition) is 1. The molecule has 1 N–H and O–H groups in total. The van der Waals surface area contributed by atoms with Gasteiger partial charge in [-0.1, -0.05) is 15.9 Å². The minimum atomic E-state index is -1.32. The third kappa shape index (κ3) is 3.11. The number of halogens is 3. The molecule has 20 heavy (non-hydrogen) atoms. The molecule has 1 aromatic heterocycles. The second kappa shape index (κ2) is 5.96. The van der Waals surface area contributed by atoms with E-state index in [1.807, 2.05) is 0 Å². The molecule has 0 bridgehead atoms. The zero-order valence-corrected chi connectivity index (χ0v) is 11.9. The molecule has 0 spiro atoms. The first-order chi connectivity index (χ1) is 9.51. The number of benzene rings is 1. The molecule has 0 fully saturated rings. The van der Waals surface area contributed by atoms with Crippen LogP contribution in [0, 0.1) is 11.8 Å². The third-order valence-electron chi connectivity index (χ3n) is 2.46. The van der Waals surface area contributed by atoms with Gasteiger partial charge in [-0.15, -0.1) is 0 Å². The van der Waals surface area contributed by atoms with E-state index in [9.17, 15) is 13.6 Å². The summed E-state index contributed by atoms with van der Waals surface area (Å²) in [5.41, 5.74) is -0.0331. The summed E-state index contributed by atoms with van der Waals surface area (Å²) in [6, 6.07) is 5.96. The average Bonchev–Trinajstić information content (AvgIpc) is 2.41. The number of anilines is 1. The third-order valence-corrected chi connectivity index (χ3v) is 2.91. The fraction of sp³-hybridized carbons (Fsp3) is 0.0769. The number of pyridine rings is 1.